The lowest BCUT2D eigenvalue weighted by molar-refractivity contribution is -0.120. The number of imide groups is 1. The zero-order valence-electron chi connectivity index (χ0n) is 18.8. The lowest BCUT2D eigenvalue weighted by Gasteiger charge is -2.31. The molecule has 166 valence electrons. The third kappa shape index (κ3) is 3.80. The van der Waals surface area contributed by atoms with Crippen LogP contribution in [-0.4, -0.2) is 29.4 Å². The maximum absolute atomic E-state index is 13.9. The molecule has 0 bridgehead atoms. The number of anilines is 1. The van der Waals surface area contributed by atoms with E-state index in [4.69, 9.17) is 4.74 Å². The predicted octanol–water partition coefficient (Wildman–Crippen LogP) is 4.82. The Morgan fingerprint density at radius 2 is 1.45 bits per heavy atom. The molecule has 5 nitrogen and oxygen atoms in total. The molecule has 5 rings (SSSR count). The minimum atomic E-state index is -0.320. The molecule has 2 aliphatic heterocycles. The molecule has 33 heavy (non-hydrogen) atoms. The van der Waals surface area contributed by atoms with Crippen LogP contribution in [0.4, 0.5) is 5.69 Å². The third-order valence-electron chi connectivity index (χ3n) is 6.04. The molecular weight excluding hydrogens is 412 g/mol. The summed E-state index contributed by atoms with van der Waals surface area (Å²) in [7, 11) is 0. The van der Waals surface area contributed by atoms with E-state index in [0.29, 0.717) is 35.8 Å². The zero-order valence-corrected chi connectivity index (χ0v) is 18.8. The summed E-state index contributed by atoms with van der Waals surface area (Å²) in [6.45, 7) is 5.13. The molecule has 2 heterocycles. The highest BCUT2D eigenvalue weighted by atomic mass is 16.5. The van der Waals surface area contributed by atoms with Gasteiger partial charge in [0.05, 0.1) is 17.4 Å². The lowest BCUT2D eigenvalue weighted by Crippen LogP contribution is -2.37. The fraction of sp³-hybridized carbons (Fsp3) is 0.214. The summed E-state index contributed by atoms with van der Waals surface area (Å²) in [4.78, 5) is 31.0. The highest BCUT2D eigenvalue weighted by Crippen LogP contribution is 2.40. The van der Waals surface area contributed by atoms with Gasteiger partial charge in [0.2, 0.25) is 0 Å². The molecule has 0 unspecified atom stereocenters. The SMILES string of the molecule is CC(C)Oc1ccccc1N1C(=O)C(c2ccccc2)=C(N2CCc3ccccc3C2)C1=O. The first-order valence-electron chi connectivity index (χ1n) is 11.3. The number of hydrogen-bond donors (Lipinski definition) is 0. The van der Waals surface area contributed by atoms with Gasteiger partial charge in [-0.1, -0.05) is 66.7 Å². The van der Waals surface area contributed by atoms with Crippen molar-refractivity contribution in [3.63, 3.8) is 0 Å². The predicted molar refractivity (Wildman–Crippen MR) is 129 cm³/mol. The standard InChI is InChI=1S/C28H26N2O3/c1-19(2)33-24-15-9-8-14-23(24)30-27(31)25(21-11-4-3-5-12-21)26(28(30)32)29-17-16-20-10-6-7-13-22(20)18-29/h3-15,19H,16-18H2,1-2H3. The van der Waals surface area contributed by atoms with Gasteiger partial charge in [-0.15, -0.1) is 0 Å². The van der Waals surface area contributed by atoms with Crippen LogP contribution >= 0.6 is 0 Å². The molecule has 3 aromatic carbocycles. The monoisotopic (exact) mass is 438 g/mol. The second-order valence-corrected chi connectivity index (χ2v) is 8.61. The Kier molecular flexibility index (Phi) is 5.47. The molecule has 2 aliphatic rings. The maximum atomic E-state index is 13.9. The Balaban J connectivity index is 1.61. The van der Waals surface area contributed by atoms with E-state index in [9.17, 15) is 9.59 Å². The second-order valence-electron chi connectivity index (χ2n) is 8.61. The van der Waals surface area contributed by atoms with Crippen molar-refractivity contribution >= 4 is 23.1 Å². The van der Waals surface area contributed by atoms with Gasteiger partial charge in [-0.05, 0) is 49.1 Å². The van der Waals surface area contributed by atoms with Crippen molar-refractivity contribution in [2.75, 3.05) is 11.4 Å². The fourth-order valence-electron chi connectivity index (χ4n) is 4.58. The van der Waals surface area contributed by atoms with Gasteiger partial charge in [0.1, 0.15) is 11.4 Å². The smallest absolute Gasteiger partial charge is 0.282 e. The van der Waals surface area contributed by atoms with Gasteiger partial charge in [-0.3, -0.25) is 9.59 Å². The van der Waals surface area contributed by atoms with Crippen molar-refractivity contribution in [2.24, 2.45) is 0 Å². The van der Waals surface area contributed by atoms with E-state index < -0.39 is 0 Å². The molecule has 0 saturated heterocycles. The number of benzene rings is 3. The first kappa shape index (κ1) is 21.0. The van der Waals surface area contributed by atoms with Crippen LogP contribution in [0.5, 0.6) is 5.75 Å². The second kappa shape index (κ2) is 8.58. The first-order chi connectivity index (χ1) is 16.0. The molecule has 5 heteroatoms. The van der Waals surface area contributed by atoms with E-state index in [1.807, 2.05) is 68.4 Å². The largest absolute Gasteiger partial charge is 0.489 e. The number of nitrogens with zero attached hydrogens (tertiary/aromatic N) is 2. The fourth-order valence-corrected chi connectivity index (χ4v) is 4.58. The summed E-state index contributed by atoms with van der Waals surface area (Å²) in [5.41, 5.74) is 4.60. The van der Waals surface area contributed by atoms with Crippen LogP contribution in [0.1, 0.15) is 30.5 Å². The number of fused-ring (bicyclic) bond motifs is 1. The molecule has 0 atom stereocenters. The summed E-state index contributed by atoms with van der Waals surface area (Å²) < 4.78 is 5.94. The zero-order chi connectivity index (χ0) is 22.9. The minimum absolute atomic E-state index is 0.0847. The Labute approximate surface area is 193 Å². The average molecular weight is 439 g/mol. The topological polar surface area (TPSA) is 49.9 Å². The van der Waals surface area contributed by atoms with Crippen LogP contribution in [0.3, 0.4) is 0 Å². The Bertz CT molecular complexity index is 1250. The van der Waals surface area contributed by atoms with Gasteiger partial charge in [0, 0.05) is 13.1 Å². The Hall–Kier alpha value is -3.86. The van der Waals surface area contributed by atoms with Crippen LogP contribution in [0.25, 0.3) is 5.57 Å². The minimum Gasteiger partial charge on any atom is -0.489 e. The Morgan fingerprint density at radius 3 is 2.21 bits per heavy atom. The summed E-state index contributed by atoms with van der Waals surface area (Å²) in [6, 6.07) is 25.0. The van der Waals surface area contributed by atoms with Crippen molar-refractivity contribution in [3.8, 4) is 5.75 Å². The van der Waals surface area contributed by atoms with Crippen molar-refractivity contribution < 1.29 is 14.3 Å². The van der Waals surface area contributed by atoms with Crippen LogP contribution in [0.2, 0.25) is 0 Å². The van der Waals surface area contributed by atoms with Crippen LogP contribution in [-0.2, 0) is 22.6 Å². The number of carbonyl (C=O) groups is 2. The molecule has 3 aromatic rings. The third-order valence-corrected chi connectivity index (χ3v) is 6.04. The number of rotatable bonds is 5. The highest BCUT2D eigenvalue weighted by Gasteiger charge is 2.44. The van der Waals surface area contributed by atoms with E-state index in [2.05, 4.69) is 17.0 Å². The van der Waals surface area contributed by atoms with Crippen molar-refractivity contribution in [2.45, 2.75) is 32.9 Å². The van der Waals surface area contributed by atoms with Gasteiger partial charge in [0.25, 0.3) is 11.8 Å². The molecule has 0 fully saturated rings. The molecule has 2 amide bonds. The van der Waals surface area contributed by atoms with E-state index in [1.54, 1.807) is 12.1 Å². The van der Waals surface area contributed by atoms with E-state index in [-0.39, 0.29) is 17.9 Å². The number of amides is 2. The number of hydrogen-bond acceptors (Lipinski definition) is 4. The van der Waals surface area contributed by atoms with Crippen molar-refractivity contribution in [1.82, 2.24) is 4.90 Å². The molecule has 0 radical (unpaired) electrons. The van der Waals surface area contributed by atoms with E-state index >= 15 is 0 Å². The average Bonchev–Trinajstić information content (AvgIpc) is 3.09. The van der Waals surface area contributed by atoms with Gasteiger partial charge >= 0.3 is 0 Å². The Morgan fingerprint density at radius 1 is 0.788 bits per heavy atom. The molecule has 0 aliphatic carbocycles. The van der Waals surface area contributed by atoms with Crippen molar-refractivity contribution in [3.05, 3.63) is 101 Å². The molecule has 0 spiro atoms. The summed E-state index contributed by atoms with van der Waals surface area (Å²) in [5.74, 6) is -0.107. The molecule has 0 saturated carbocycles. The van der Waals surface area contributed by atoms with Gasteiger partial charge in [0.15, 0.2) is 0 Å². The van der Waals surface area contributed by atoms with Gasteiger partial charge < -0.3 is 9.64 Å². The van der Waals surface area contributed by atoms with E-state index in [1.165, 1.54) is 16.0 Å². The molecular formula is C28H26N2O3. The van der Waals surface area contributed by atoms with Crippen LogP contribution in [0, 0.1) is 0 Å². The van der Waals surface area contributed by atoms with Gasteiger partial charge in [-0.25, -0.2) is 4.90 Å². The van der Waals surface area contributed by atoms with Gasteiger partial charge in [-0.2, -0.15) is 0 Å². The number of carbonyl (C=O) groups excluding carboxylic acids is 2. The maximum Gasteiger partial charge on any atom is 0.282 e. The van der Waals surface area contributed by atoms with Crippen molar-refractivity contribution in [1.29, 1.82) is 0 Å². The number of ether oxygens (including phenoxy) is 1. The summed E-state index contributed by atoms with van der Waals surface area (Å²) >= 11 is 0. The normalized spacial score (nSPS) is 16.0. The molecule has 0 N–H and O–H groups in total. The molecule has 0 aromatic heterocycles. The lowest BCUT2D eigenvalue weighted by atomic mass is 9.98. The number of para-hydroxylation sites is 2. The highest BCUT2D eigenvalue weighted by molar-refractivity contribution is 6.45. The van der Waals surface area contributed by atoms with Crippen LogP contribution < -0.4 is 9.64 Å². The summed E-state index contributed by atoms with van der Waals surface area (Å²) in [6.07, 6.45) is 0.745. The van der Waals surface area contributed by atoms with E-state index in [0.717, 1.165) is 12.0 Å². The quantitative estimate of drug-likeness (QED) is 0.536. The first-order valence-corrected chi connectivity index (χ1v) is 11.3. The van der Waals surface area contributed by atoms with Crippen LogP contribution in [0.15, 0.2) is 84.6 Å². The summed E-state index contributed by atoms with van der Waals surface area (Å²) in [5, 5.41) is 0.